The maximum Gasteiger partial charge on any atom is 0.343 e. The molecule has 1 aliphatic heterocycles. The smallest absolute Gasteiger partial charge is 0.343 e. The maximum absolute atomic E-state index is 14.9. The summed E-state index contributed by atoms with van der Waals surface area (Å²) in [5.41, 5.74) is 3.30. The van der Waals surface area contributed by atoms with Crippen molar-refractivity contribution in [2.45, 2.75) is 104 Å². The number of unbranched alkanes of at least 4 members (excludes halogenated alkanes) is 3. The van der Waals surface area contributed by atoms with Gasteiger partial charge in [0.2, 0.25) is 11.8 Å². The molecule has 1 saturated heterocycles. The van der Waals surface area contributed by atoms with Crippen LogP contribution in [0.4, 0.5) is 14.6 Å². The number of hydrogen-bond acceptors (Lipinski definition) is 9. The van der Waals surface area contributed by atoms with Crippen molar-refractivity contribution in [2.75, 3.05) is 18.5 Å². The predicted octanol–water partition coefficient (Wildman–Crippen LogP) is 6.61. The van der Waals surface area contributed by atoms with Crippen molar-refractivity contribution < 1.29 is 32.7 Å². The van der Waals surface area contributed by atoms with Crippen LogP contribution in [0.15, 0.2) is 61.5 Å². The van der Waals surface area contributed by atoms with Crippen LogP contribution in [0.25, 0.3) is 22.0 Å². The van der Waals surface area contributed by atoms with E-state index in [-0.39, 0.29) is 44.2 Å². The van der Waals surface area contributed by atoms with Gasteiger partial charge in [-0.25, -0.2) is 15.0 Å². The van der Waals surface area contributed by atoms with Gasteiger partial charge in [-0.3, -0.25) is 23.9 Å². The van der Waals surface area contributed by atoms with Crippen molar-refractivity contribution in [3.05, 3.63) is 89.8 Å². The summed E-state index contributed by atoms with van der Waals surface area (Å²) >= 11 is 0. The third kappa shape index (κ3) is 9.04. The number of ether oxygens (including phenoxy) is 1. The lowest BCUT2D eigenvalue weighted by Gasteiger charge is -2.27. The van der Waals surface area contributed by atoms with Crippen LogP contribution in [0.3, 0.4) is 0 Å². The summed E-state index contributed by atoms with van der Waals surface area (Å²) in [6.45, 7) is 12.4. The number of fused-ring (bicyclic) bond motifs is 2. The number of aromatic nitrogens is 5. The molecule has 15 heteroatoms. The predicted molar refractivity (Wildman–Crippen MR) is 215 cm³/mol. The topological polar surface area (TPSA) is 161 Å². The Morgan fingerprint density at radius 1 is 1.07 bits per heavy atom. The van der Waals surface area contributed by atoms with Gasteiger partial charge in [-0.1, -0.05) is 38.0 Å². The minimum absolute atomic E-state index is 0.0991. The Labute approximate surface area is 336 Å². The molecule has 6 rings (SSSR count). The lowest BCUT2D eigenvalue weighted by Crippen LogP contribution is -2.47. The van der Waals surface area contributed by atoms with Crippen molar-refractivity contribution in [3.63, 3.8) is 0 Å². The average Bonchev–Trinajstić information content (AvgIpc) is 3.60. The average molecular weight is 797 g/mol. The van der Waals surface area contributed by atoms with Crippen LogP contribution in [-0.2, 0) is 32.3 Å². The molecule has 306 valence electrons. The van der Waals surface area contributed by atoms with E-state index in [0.717, 1.165) is 30.4 Å². The lowest BCUT2D eigenvalue weighted by molar-refractivity contribution is -0.139. The van der Waals surface area contributed by atoms with E-state index in [4.69, 9.17) is 4.74 Å². The minimum atomic E-state index is -3.72. The molecule has 4 heterocycles. The van der Waals surface area contributed by atoms with E-state index < -0.39 is 41.1 Å². The van der Waals surface area contributed by atoms with Crippen LogP contribution in [0.2, 0.25) is 0 Å². The van der Waals surface area contributed by atoms with Crippen molar-refractivity contribution in [1.29, 1.82) is 0 Å². The molecule has 1 saturated carbocycles. The molecular formula is C43H50F2N8O5. The molecule has 13 nitrogen and oxygen atoms in total. The number of ketones is 1. The highest BCUT2D eigenvalue weighted by Gasteiger charge is 2.67. The summed E-state index contributed by atoms with van der Waals surface area (Å²) in [6, 6.07) is 5.78. The van der Waals surface area contributed by atoms with Gasteiger partial charge >= 0.3 is 5.92 Å². The van der Waals surface area contributed by atoms with Gasteiger partial charge in [0.05, 0.1) is 18.7 Å². The fraction of sp³-hybridized carbons (Fsp3) is 0.442. The van der Waals surface area contributed by atoms with Crippen LogP contribution in [0.1, 0.15) is 85.5 Å². The van der Waals surface area contributed by atoms with Crippen molar-refractivity contribution in [1.82, 2.24) is 34.9 Å². The maximum atomic E-state index is 14.9. The molecule has 58 heavy (non-hydrogen) atoms. The number of anilines is 1. The van der Waals surface area contributed by atoms with Gasteiger partial charge in [0, 0.05) is 59.5 Å². The second-order valence-corrected chi connectivity index (χ2v) is 15.3. The number of pyridine rings is 1. The van der Waals surface area contributed by atoms with Crippen LogP contribution >= 0.6 is 0 Å². The zero-order valence-corrected chi connectivity index (χ0v) is 33.6. The number of Topliss-reactive ketones (excluding diaryl/α,β-unsaturated/α-hetero) is 1. The van der Waals surface area contributed by atoms with E-state index in [1.165, 1.54) is 22.6 Å². The van der Waals surface area contributed by atoms with Gasteiger partial charge in [0.15, 0.2) is 5.78 Å². The van der Waals surface area contributed by atoms with Gasteiger partial charge in [0.1, 0.15) is 29.9 Å². The largest absolute Gasteiger partial charge is 0.373 e. The van der Waals surface area contributed by atoms with E-state index in [9.17, 15) is 28.0 Å². The van der Waals surface area contributed by atoms with Gasteiger partial charge in [0.25, 0.3) is 5.91 Å². The number of allylic oxidation sites excluding steroid dienone is 1. The highest BCUT2D eigenvalue weighted by atomic mass is 19.3. The fourth-order valence-corrected chi connectivity index (χ4v) is 7.67. The van der Waals surface area contributed by atoms with Crippen molar-refractivity contribution >= 4 is 40.2 Å². The second kappa shape index (κ2) is 17.4. The van der Waals surface area contributed by atoms with Crippen LogP contribution in [0.5, 0.6) is 0 Å². The zero-order valence-electron chi connectivity index (χ0n) is 33.6. The Morgan fingerprint density at radius 2 is 1.83 bits per heavy atom. The Bertz CT molecular complexity index is 2250. The highest BCUT2D eigenvalue weighted by Crippen LogP contribution is 2.59. The summed E-state index contributed by atoms with van der Waals surface area (Å²) in [5, 5.41) is 10.4. The number of hydrogen-bond donors (Lipinski definition) is 2. The number of rotatable bonds is 18. The number of nitrogens with zero attached hydrogens (tertiary/aromatic N) is 6. The van der Waals surface area contributed by atoms with E-state index in [1.807, 2.05) is 25.1 Å². The number of benzene rings is 1. The number of carbonyl (C=O) groups is 4. The summed E-state index contributed by atoms with van der Waals surface area (Å²) in [6.07, 6.45) is 10.5. The van der Waals surface area contributed by atoms with E-state index >= 15 is 0 Å². The number of amides is 3. The highest BCUT2D eigenvalue weighted by molar-refractivity contribution is 6.07. The monoisotopic (exact) mass is 796 g/mol. The van der Waals surface area contributed by atoms with E-state index in [1.54, 1.807) is 45.3 Å². The van der Waals surface area contributed by atoms with Gasteiger partial charge in [-0.2, -0.15) is 13.9 Å². The van der Waals surface area contributed by atoms with E-state index in [0.29, 0.717) is 58.3 Å². The summed E-state index contributed by atoms with van der Waals surface area (Å²) in [4.78, 5) is 69.1. The van der Waals surface area contributed by atoms with Gasteiger partial charge in [-0.05, 0) is 81.9 Å². The molecule has 0 radical (unpaired) electrons. The molecule has 2 fully saturated rings. The Hall–Kier alpha value is -5.70. The summed E-state index contributed by atoms with van der Waals surface area (Å²) < 4.78 is 37.1. The molecule has 4 aromatic rings. The number of piperidine rings is 1. The first kappa shape index (κ1) is 41.9. The quantitative estimate of drug-likeness (QED) is 0.0642. The number of alkyl halides is 2. The van der Waals surface area contributed by atoms with Crippen LogP contribution in [0, 0.1) is 26.2 Å². The van der Waals surface area contributed by atoms with E-state index in [2.05, 4.69) is 37.3 Å². The molecule has 2 N–H and O–H groups in total. The first-order valence-electron chi connectivity index (χ1n) is 19.6. The molecule has 1 aliphatic carbocycles. The zero-order chi connectivity index (χ0) is 41.8. The van der Waals surface area contributed by atoms with Crippen LogP contribution in [-0.4, -0.2) is 84.3 Å². The first-order valence-corrected chi connectivity index (χ1v) is 19.6. The number of nitrogens with one attached hydrogen (secondary N) is 2. The third-order valence-corrected chi connectivity index (χ3v) is 10.8. The molecule has 3 atom stereocenters. The Morgan fingerprint density at radius 3 is 2.53 bits per heavy atom. The van der Waals surface area contributed by atoms with Crippen LogP contribution < -0.4 is 10.6 Å². The van der Waals surface area contributed by atoms with Crippen molar-refractivity contribution in [2.24, 2.45) is 5.41 Å². The van der Waals surface area contributed by atoms with Gasteiger partial charge in [-0.15, -0.1) is 6.58 Å². The molecule has 1 aromatic carbocycles. The SMILES string of the molecule is C=CCOCc1cc(-c2cnc(C)nc2)cc2c(C(C)=O)nn(CC(=O)N3[C@H](C(=O)Nc4nc(C)ccc4C)C[C@@]4(CNC(=O)C(F)(F)C=CCCCCC)C[C@@H]34)c12. The lowest BCUT2D eigenvalue weighted by atomic mass is 9.98. The fourth-order valence-electron chi connectivity index (χ4n) is 7.67. The third-order valence-electron chi connectivity index (χ3n) is 10.8. The summed E-state index contributed by atoms with van der Waals surface area (Å²) in [7, 11) is 0. The molecule has 3 aromatic heterocycles. The molecule has 3 amide bonds. The molecule has 0 bridgehead atoms. The minimum Gasteiger partial charge on any atom is -0.373 e. The molecule has 2 aliphatic rings. The number of aryl methyl sites for hydroxylation is 3. The summed E-state index contributed by atoms with van der Waals surface area (Å²) in [5.74, 6) is -5.51. The Kier molecular flexibility index (Phi) is 12.6. The number of carbonyl (C=O) groups excluding carboxylic acids is 4. The van der Waals surface area contributed by atoms with Gasteiger partial charge < -0.3 is 20.3 Å². The second-order valence-electron chi connectivity index (χ2n) is 15.3. The molecule has 0 unspecified atom stereocenters. The standard InChI is InChI=1S/C43H50F2N8O5/c1-7-9-10-11-12-15-43(44,45)41(57)48-25-42-19-34(40(56)50-39-26(3)13-14-27(4)49-39)53(35(42)20-42)36(55)23-52-38-31(24-58-16-8-2)17-30(32-21-46-29(6)47-22-32)18-33(38)37(51-52)28(5)54/h8,12-15,17-18,21-22,34-35H,2,7,9-11,16,19-20,23-25H2,1,3-6H3,(H,48,57)(H,49,50,56)/t34-,35+,42-/m0/s1. The first-order chi connectivity index (χ1) is 27.7. The van der Waals surface area contributed by atoms with Crippen molar-refractivity contribution in [3.8, 4) is 11.1 Å². The number of halogens is 2. The number of likely N-dealkylation sites (tertiary alicyclic amines) is 1. The molecular weight excluding hydrogens is 747 g/mol. The molecule has 0 spiro atoms. The normalized spacial score (nSPS) is 18.7. The Balaban J connectivity index is 1.32.